The zero-order valence-electron chi connectivity index (χ0n) is 14.1. The predicted octanol–water partition coefficient (Wildman–Crippen LogP) is 3.15. The Kier molecular flexibility index (Phi) is 5.01. The maximum absolute atomic E-state index is 12.8. The first-order valence-electron chi connectivity index (χ1n) is 8.41. The second-order valence-electron chi connectivity index (χ2n) is 6.32. The summed E-state index contributed by atoms with van der Waals surface area (Å²) in [6.45, 7) is 5.05. The molecule has 0 unspecified atom stereocenters. The van der Waals surface area contributed by atoms with Crippen LogP contribution in [0.2, 0.25) is 0 Å². The van der Waals surface area contributed by atoms with Gasteiger partial charge in [0.1, 0.15) is 0 Å². The first-order chi connectivity index (χ1) is 11.5. The van der Waals surface area contributed by atoms with E-state index < -0.39 is 10.0 Å². The first-order valence-corrected chi connectivity index (χ1v) is 9.85. The van der Waals surface area contributed by atoms with E-state index in [1.54, 1.807) is 24.3 Å². The molecule has 130 valence electrons. The fourth-order valence-corrected chi connectivity index (χ4v) is 4.44. The Balaban J connectivity index is 1.78. The predicted molar refractivity (Wildman–Crippen MR) is 90.2 cm³/mol. The molecule has 0 N–H and O–H groups in total. The smallest absolute Gasteiger partial charge is 0.243 e. The van der Waals surface area contributed by atoms with Gasteiger partial charge < -0.3 is 4.52 Å². The Labute approximate surface area is 142 Å². The largest absolute Gasteiger partial charge is 0.339 e. The molecule has 0 spiro atoms. The van der Waals surface area contributed by atoms with Crippen molar-refractivity contribution in [2.75, 3.05) is 13.1 Å². The van der Waals surface area contributed by atoms with Gasteiger partial charge in [-0.3, -0.25) is 0 Å². The summed E-state index contributed by atoms with van der Waals surface area (Å²) >= 11 is 0. The van der Waals surface area contributed by atoms with Crippen LogP contribution in [0.1, 0.15) is 56.7 Å². The van der Waals surface area contributed by atoms with Gasteiger partial charge in [-0.2, -0.15) is 9.29 Å². The molecule has 1 fully saturated rings. The number of rotatable bonds is 5. The molecule has 0 amide bonds. The van der Waals surface area contributed by atoms with Gasteiger partial charge in [0, 0.05) is 19.0 Å². The van der Waals surface area contributed by atoms with Crippen molar-refractivity contribution in [3.05, 3.63) is 42.0 Å². The van der Waals surface area contributed by atoms with Gasteiger partial charge in [-0.15, -0.1) is 0 Å². The van der Waals surface area contributed by atoms with Gasteiger partial charge in [0.2, 0.25) is 15.9 Å². The summed E-state index contributed by atoms with van der Waals surface area (Å²) in [7, 11) is -3.47. The number of nitrogens with zero attached hydrogens (tertiary/aromatic N) is 3. The van der Waals surface area contributed by atoms with Gasteiger partial charge in [-0.1, -0.05) is 37.2 Å². The molecule has 0 aliphatic carbocycles. The van der Waals surface area contributed by atoms with Gasteiger partial charge in [-0.05, 0) is 31.4 Å². The highest BCUT2D eigenvalue weighted by molar-refractivity contribution is 7.89. The molecule has 1 aliphatic heterocycles. The number of aromatic nitrogens is 2. The Bertz CT molecular complexity index is 773. The van der Waals surface area contributed by atoms with Crippen LogP contribution in [0, 0.1) is 0 Å². The van der Waals surface area contributed by atoms with Crippen LogP contribution in [-0.2, 0) is 10.0 Å². The van der Waals surface area contributed by atoms with Crippen molar-refractivity contribution < 1.29 is 12.9 Å². The zero-order chi connectivity index (χ0) is 17.2. The topological polar surface area (TPSA) is 76.3 Å². The maximum Gasteiger partial charge on any atom is 0.243 e. The molecule has 0 bridgehead atoms. The van der Waals surface area contributed by atoms with Gasteiger partial charge in [0.15, 0.2) is 5.82 Å². The summed E-state index contributed by atoms with van der Waals surface area (Å²) in [4.78, 5) is 4.82. The fourth-order valence-electron chi connectivity index (χ4n) is 2.90. The lowest BCUT2D eigenvalue weighted by atomic mass is 9.99. The third-order valence-corrected chi connectivity index (χ3v) is 6.50. The first kappa shape index (κ1) is 17.1. The molecular formula is C17H23N3O3S. The van der Waals surface area contributed by atoms with Gasteiger partial charge in [-0.25, -0.2) is 8.42 Å². The van der Waals surface area contributed by atoms with E-state index >= 15 is 0 Å². The fraction of sp³-hybridized carbons (Fsp3) is 0.529. The van der Waals surface area contributed by atoms with Crippen molar-refractivity contribution in [3.63, 3.8) is 0 Å². The van der Waals surface area contributed by atoms with Crippen molar-refractivity contribution in [2.24, 2.45) is 0 Å². The average molecular weight is 349 g/mol. The lowest BCUT2D eigenvalue weighted by Crippen LogP contribution is -2.39. The standard InChI is InChI=1S/C17H23N3O3S/c1-3-13(2)16-18-17(23-19-16)14-8-7-11-20(12-14)24(21,22)15-9-5-4-6-10-15/h4-6,9-10,13-14H,3,7-8,11-12H2,1-2H3/t13-,14+/m1/s1. The number of sulfonamides is 1. The van der Waals surface area contributed by atoms with Crippen LogP contribution in [0.25, 0.3) is 0 Å². The van der Waals surface area contributed by atoms with Crippen molar-refractivity contribution in [1.29, 1.82) is 0 Å². The lowest BCUT2D eigenvalue weighted by Gasteiger charge is -2.30. The minimum absolute atomic E-state index is 0.0393. The number of hydrogen-bond acceptors (Lipinski definition) is 5. The highest BCUT2D eigenvalue weighted by Gasteiger charge is 2.33. The number of hydrogen-bond donors (Lipinski definition) is 0. The van der Waals surface area contributed by atoms with E-state index in [1.807, 2.05) is 6.07 Å². The van der Waals surface area contributed by atoms with Gasteiger partial charge >= 0.3 is 0 Å². The van der Waals surface area contributed by atoms with E-state index in [-0.39, 0.29) is 11.8 Å². The van der Waals surface area contributed by atoms with Crippen LogP contribution < -0.4 is 0 Å². The number of benzene rings is 1. The van der Waals surface area contributed by atoms with Crippen LogP contribution in [0.4, 0.5) is 0 Å². The summed E-state index contributed by atoms with van der Waals surface area (Å²) in [5.74, 6) is 1.46. The molecule has 2 aromatic rings. The van der Waals surface area contributed by atoms with E-state index in [2.05, 4.69) is 24.0 Å². The minimum Gasteiger partial charge on any atom is -0.339 e. The average Bonchev–Trinajstić information content (AvgIpc) is 3.12. The lowest BCUT2D eigenvalue weighted by molar-refractivity contribution is 0.265. The third-order valence-electron chi connectivity index (χ3n) is 4.62. The normalized spacial score (nSPS) is 20.8. The molecule has 3 rings (SSSR count). The van der Waals surface area contributed by atoms with Gasteiger partial charge in [0.05, 0.1) is 10.8 Å². The minimum atomic E-state index is -3.47. The Morgan fingerprint density at radius 3 is 2.79 bits per heavy atom. The Morgan fingerprint density at radius 2 is 2.08 bits per heavy atom. The summed E-state index contributed by atoms with van der Waals surface area (Å²) in [6.07, 6.45) is 2.60. The summed E-state index contributed by atoms with van der Waals surface area (Å²) in [5.41, 5.74) is 0. The monoisotopic (exact) mass is 349 g/mol. The van der Waals surface area contributed by atoms with Gasteiger partial charge in [0.25, 0.3) is 0 Å². The van der Waals surface area contributed by atoms with Crippen LogP contribution in [0.5, 0.6) is 0 Å². The molecule has 1 aromatic carbocycles. The van der Waals surface area contributed by atoms with Crippen molar-refractivity contribution in [2.45, 2.75) is 49.8 Å². The summed E-state index contributed by atoms with van der Waals surface area (Å²) in [5, 5.41) is 4.05. The van der Waals surface area contributed by atoms with Crippen LogP contribution in [0.3, 0.4) is 0 Å². The van der Waals surface area contributed by atoms with Crippen molar-refractivity contribution in [3.8, 4) is 0 Å². The molecule has 1 aliphatic rings. The summed E-state index contributed by atoms with van der Waals surface area (Å²) in [6, 6.07) is 8.56. The van der Waals surface area contributed by atoms with Crippen molar-refractivity contribution >= 4 is 10.0 Å². The third kappa shape index (κ3) is 3.37. The van der Waals surface area contributed by atoms with Crippen LogP contribution in [0.15, 0.2) is 39.8 Å². The Hall–Kier alpha value is -1.73. The van der Waals surface area contributed by atoms with E-state index in [0.29, 0.717) is 29.7 Å². The summed E-state index contributed by atoms with van der Waals surface area (Å²) < 4.78 is 32.5. The van der Waals surface area contributed by atoms with E-state index in [0.717, 1.165) is 19.3 Å². The molecule has 7 heteroatoms. The molecule has 24 heavy (non-hydrogen) atoms. The highest BCUT2D eigenvalue weighted by atomic mass is 32.2. The SMILES string of the molecule is CC[C@@H](C)c1noc([C@H]2CCCN(S(=O)(=O)c3ccccc3)C2)n1. The second-order valence-corrected chi connectivity index (χ2v) is 8.25. The second kappa shape index (κ2) is 7.03. The quantitative estimate of drug-likeness (QED) is 0.829. The van der Waals surface area contributed by atoms with Crippen LogP contribution in [-0.4, -0.2) is 36.0 Å². The molecular weight excluding hydrogens is 326 g/mol. The molecule has 2 heterocycles. The number of piperidine rings is 1. The Morgan fingerprint density at radius 1 is 1.33 bits per heavy atom. The molecule has 0 radical (unpaired) electrons. The molecule has 1 aromatic heterocycles. The molecule has 2 atom stereocenters. The van der Waals surface area contributed by atoms with Crippen molar-refractivity contribution in [1.82, 2.24) is 14.4 Å². The van der Waals surface area contributed by atoms with Crippen LogP contribution >= 0.6 is 0 Å². The molecule has 1 saturated heterocycles. The van der Waals surface area contributed by atoms with E-state index in [9.17, 15) is 8.42 Å². The maximum atomic E-state index is 12.8. The molecule has 6 nitrogen and oxygen atoms in total. The van der Waals surface area contributed by atoms with E-state index in [1.165, 1.54) is 4.31 Å². The molecule has 0 saturated carbocycles. The zero-order valence-corrected chi connectivity index (χ0v) is 14.9. The van der Waals surface area contributed by atoms with E-state index in [4.69, 9.17) is 4.52 Å². The highest BCUT2D eigenvalue weighted by Crippen LogP contribution is 2.30.